The van der Waals surface area contributed by atoms with Crippen molar-refractivity contribution in [3.63, 3.8) is 0 Å². The lowest BCUT2D eigenvalue weighted by Crippen LogP contribution is -2.22. The first-order chi connectivity index (χ1) is 6.84. The molecule has 3 heterocycles. The summed E-state index contributed by atoms with van der Waals surface area (Å²) in [7, 11) is 0. The monoisotopic (exact) mass is 251 g/mol. The summed E-state index contributed by atoms with van der Waals surface area (Å²) in [5.41, 5.74) is 2.51. The number of alkyl halides is 1. The number of H-pyrrole nitrogens is 1. The van der Waals surface area contributed by atoms with E-state index in [0.29, 0.717) is 4.83 Å². The van der Waals surface area contributed by atoms with E-state index in [1.807, 2.05) is 18.5 Å². The topological polar surface area (TPSA) is 40.7 Å². The molecule has 0 bridgehead atoms. The van der Waals surface area contributed by atoms with Gasteiger partial charge in [0, 0.05) is 34.7 Å². The molecule has 0 spiro atoms. The summed E-state index contributed by atoms with van der Waals surface area (Å²) in [6.45, 7) is 0.979. The van der Waals surface area contributed by atoms with Crippen molar-refractivity contribution in [1.82, 2.24) is 9.97 Å². The van der Waals surface area contributed by atoms with Gasteiger partial charge in [0.1, 0.15) is 5.82 Å². The van der Waals surface area contributed by atoms with Crippen LogP contribution < -0.4 is 5.32 Å². The van der Waals surface area contributed by atoms with Gasteiger partial charge in [-0.2, -0.15) is 0 Å². The number of hydrogen-bond donors (Lipinski definition) is 2. The minimum absolute atomic E-state index is 0.522. The van der Waals surface area contributed by atoms with Crippen molar-refractivity contribution in [2.45, 2.75) is 11.2 Å². The molecule has 0 saturated heterocycles. The normalized spacial score (nSPS) is 20.5. The highest BCUT2D eigenvalue weighted by Gasteiger charge is 2.19. The standard InChI is InChI=1S/C10H10BrN3/c11-6-3-7-8-5-12-2-1-9(8)14-10(7)13-4-6/h1-2,5-6,13-14H,3-4H2. The third-order valence-corrected chi connectivity index (χ3v) is 3.28. The van der Waals surface area contributed by atoms with E-state index in [2.05, 4.69) is 31.2 Å². The van der Waals surface area contributed by atoms with Crippen molar-refractivity contribution in [1.29, 1.82) is 0 Å². The fourth-order valence-electron chi connectivity index (χ4n) is 1.96. The van der Waals surface area contributed by atoms with Crippen LogP contribution in [0.25, 0.3) is 10.9 Å². The third kappa shape index (κ3) is 1.14. The first-order valence-corrected chi connectivity index (χ1v) is 5.58. The van der Waals surface area contributed by atoms with E-state index in [1.54, 1.807) is 0 Å². The molecule has 3 rings (SSSR count). The summed E-state index contributed by atoms with van der Waals surface area (Å²) >= 11 is 3.63. The lowest BCUT2D eigenvalue weighted by Gasteiger charge is -2.18. The van der Waals surface area contributed by atoms with Crippen LogP contribution in [0.15, 0.2) is 18.5 Å². The van der Waals surface area contributed by atoms with Crippen LogP contribution in [0.1, 0.15) is 5.56 Å². The number of halogens is 1. The predicted molar refractivity (Wildman–Crippen MR) is 61.0 cm³/mol. The molecule has 14 heavy (non-hydrogen) atoms. The Labute approximate surface area is 90.0 Å². The second kappa shape index (κ2) is 2.98. The minimum atomic E-state index is 0.522. The van der Waals surface area contributed by atoms with E-state index in [0.717, 1.165) is 18.8 Å². The fraction of sp³-hybridized carbons (Fsp3) is 0.300. The van der Waals surface area contributed by atoms with E-state index in [9.17, 15) is 0 Å². The van der Waals surface area contributed by atoms with E-state index in [1.165, 1.54) is 16.5 Å². The Hall–Kier alpha value is -1.03. The highest BCUT2D eigenvalue weighted by molar-refractivity contribution is 9.09. The van der Waals surface area contributed by atoms with Crippen molar-refractivity contribution in [3.05, 3.63) is 24.0 Å². The molecule has 2 aromatic heterocycles. The number of nitrogens with one attached hydrogen (secondary N) is 2. The predicted octanol–water partition coefficient (Wildman–Crippen LogP) is 2.29. The van der Waals surface area contributed by atoms with Gasteiger partial charge in [0.25, 0.3) is 0 Å². The number of anilines is 1. The van der Waals surface area contributed by atoms with Crippen molar-refractivity contribution < 1.29 is 0 Å². The van der Waals surface area contributed by atoms with Gasteiger partial charge >= 0.3 is 0 Å². The van der Waals surface area contributed by atoms with Crippen LogP contribution in [0.2, 0.25) is 0 Å². The van der Waals surface area contributed by atoms with Crippen molar-refractivity contribution in [3.8, 4) is 0 Å². The molecule has 2 aromatic rings. The molecule has 3 nitrogen and oxygen atoms in total. The maximum Gasteiger partial charge on any atom is 0.107 e. The molecular formula is C10H10BrN3. The van der Waals surface area contributed by atoms with Gasteiger partial charge in [-0.1, -0.05) is 15.9 Å². The maximum absolute atomic E-state index is 4.16. The van der Waals surface area contributed by atoms with Crippen molar-refractivity contribution in [2.24, 2.45) is 0 Å². The molecule has 0 aromatic carbocycles. The molecule has 1 aliphatic heterocycles. The van der Waals surface area contributed by atoms with Crippen LogP contribution in [-0.2, 0) is 6.42 Å². The second-order valence-electron chi connectivity index (χ2n) is 3.58. The van der Waals surface area contributed by atoms with E-state index in [-0.39, 0.29) is 0 Å². The highest BCUT2D eigenvalue weighted by atomic mass is 79.9. The Morgan fingerprint density at radius 3 is 3.36 bits per heavy atom. The van der Waals surface area contributed by atoms with Gasteiger partial charge in [-0.15, -0.1) is 0 Å². The van der Waals surface area contributed by atoms with Crippen LogP contribution >= 0.6 is 15.9 Å². The van der Waals surface area contributed by atoms with Crippen molar-refractivity contribution >= 4 is 32.7 Å². The largest absolute Gasteiger partial charge is 0.370 e. The van der Waals surface area contributed by atoms with Gasteiger partial charge in [0.05, 0.1) is 5.52 Å². The molecule has 0 amide bonds. The first kappa shape index (κ1) is 8.29. The van der Waals surface area contributed by atoms with Gasteiger partial charge in [-0.05, 0) is 12.5 Å². The van der Waals surface area contributed by atoms with Gasteiger partial charge in [0.2, 0.25) is 0 Å². The van der Waals surface area contributed by atoms with Crippen LogP contribution in [0.3, 0.4) is 0 Å². The summed E-state index contributed by atoms with van der Waals surface area (Å²) in [5.74, 6) is 1.16. The molecule has 0 saturated carbocycles. The van der Waals surface area contributed by atoms with Crippen LogP contribution in [0.5, 0.6) is 0 Å². The molecule has 0 radical (unpaired) electrons. The first-order valence-electron chi connectivity index (χ1n) is 4.67. The smallest absolute Gasteiger partial charge is 0.107 e. The second-order valence-corrected chi connectivity index (χ2v) is 4.88. The molecule has 2 N–H and O–H groups in total. The number of hydrogen-bond acceptors (Lipinski definition) is 2. The SMILES string of the molecule is BrC1CNc2[nH]c3ccncc3c2C1. The Kier molecular flexibility index (Phi) is 1.77. The van der Waals surface area contributed by atoms with Gasteiger partial charge in [0.15, 0.2) is 0 Å². The molecule has 1 aliphatic rings. The molecular weight excluding hydrogens is 242 g/mol. The van der Waals surface area contributed by atoms with E-state index in [4.69, 9.17) is 0 Å². The quantitative estimate of drug-likeness (QED) is 0.706. The Morgan fingerprint density at radius 2 is 2.43 bits per heavy atom. The summed E-state index contributed by atoms with van der Waals surface area (Å²) in [6.07, 6.45) is 4.81. The van der Waals surface area contributed by atoms with Gasteiger partial charge < -0.3 is 10.3 Å². The number of rotatable bonds is 0. The summed E-state index contributed by atoms with van der Waals surface area (Å²) in [5, 5.41) is 4.61. The lowest BCUT2D eigenvalue weighted by molar-refractivity contribution is 0.865. The molecule has 0 fully saturated rings. The fourth-order valence-corrected chi connectivity index (χ4v) is 2.44. The average Bonchev–Trinajstić information content (AvgIpc) is 2.56. The zero-order valence-electron chi connectivity index (χ0n) is 7.55. The molecule has 1 unspecified atom stereocenters. The number of fused-ring (bicyclic) bond motifs is 3. The Balaban J connectivity index is 2.25. The number of aromatic nitrogens is 2. The number of pyridine rings is 1. The molecule has 4 heteroatoms. The lowest BCUT2D eigenvalue weighted by atomic mass is 10.1. The summed E-state index contributed by atoms with van der Waals surface area (Å²) < 4.78 is 0. The number of aromatic amines is 1. The molecule has 1 atom stereocenters. The zero-order chi connectivity index (χ0) is 9.54. The summed E-state index contributed by atoms with van der Waals surface area (Å²) in [4.78, 5) is 8.04. The maximum atomic E-state index is 4.16. The average molecular weight is 252 g/mol. The molecule has 0 aliphatic carbocycles. The van der Waals surface area contributed by atoms with Crippen LogP contribution in [-0.4, -0.2) is 21.3 Å². The number of nitrogens with zero attached hydrogens (tertiary/aromatic N) is 1. The Bertz CT molecular complexity index is 477. The van der Waals surface area contributed by atoms with E-state index >= 15 is 0 Å². The van der Waals surface area contributed by atoms with Crippen molar-refractivity contribution in [2.75, 3.05) is 11.9 Å². The van der Waals surface area contributed by atoms with Crippen LogP contribution in [0.4, 0.5) is 5.82 Å². The minimum Gasteiger partial charge on any atom is -0.370 e. The van der Waals surface area contributed by atoms with Gasteiger partial charge in [-0.25, -0.2) is 0 Å². The van der Waals surface area contributed by atoms with Crippen LogP contribution in [0, 0.1) is 0 Å². The van der Waals surface area contributed by atoms with Gasteiger partial charge in [-0.3, -0.25) is 4.98 Å². The van der Waals surface area contributed by atoms with E-state index < -0.39 is 0 Å². The molecule has 72 valence electrons. The zero-order valence-corrected chi connectivity index (χ0v) is 9.13. The summed E-state index contributed by atoms with van der Waals surface area (Å²) in [6, 6.07) is 2.01. The Morgan fingerprint density at radius 1 is 1.50 bits per heavy atom. The third-order valence-electron chi connectivity index (χ3n) is 2.63. The highest BCUT2D eigenvalue weighted by Crippen LogP contribution is 2.31.